The van der Waals surface area contributed by atoms with E-state index in [1.807, 2.05) is 0 Å². The first-order chi connectivity index (χ1) is 9.10. The quantitative estimate of drug-likeness (QED) is 0.572. The van der Waals surface area contributed by atoms with Crippen molar-refractivity contribution in [1.29, 1.82) is 0 Å². The maximum atomic E-state index is 6.07. The van der Waals surface area contributed by atoms with Gasteiger partial charge in [-0.1, -0.05) is 40.5 Å². The van der Waals surface area contributed by atoms with Gasteiger partial charge >= 0.3 is 0 Å². The second kappa shape index (κ2) is 10.8. The Hall–Kier alpha value is -1.12. The van der Waals surface area contributed by atoms with Gasteiger partial charge in [0.05, 0.1) is 0 Å². The van der Waals surface area contributed by atoms with Crippen LogP contribution in [-0.4, -0.2) is 0 Å². The van der Waals surface area contributed by atoms with Gasteiger partial charge in [-0.05, 0) is 25.7 Å². The first kappa shape index (κ1) is 17.9. The molecular formula is C16H32N2O. The highest BCUT2D eigenvalue weighted by molar-refractivity contribution is 5.12. The number of rotatable bonds is 10. The third kappa shape index (κ3) is 7.14. The van der Waals surface area contributed by atoms with E-state index >= 15 is 0 Å². The van der Waals surface area contributed by atoms with Gasteiger partial charge in [0.25, 0.3) is 0 Å². The normalized spacial score (nSPS) is 13.9. The van der Waals surface area contributed by atoms with Gasteiger partial charge in [-0.25, -0.2) is 0 Å². The minimum Gasteiger partial charge on any atom is -0.462 e. The second-order valence-corrected chi connectivity index (χ2v) is 4.91. The van der Waals surface area contributed by atoms with Gasteiger partial charge in [0, 0.05) is 24.2 Å². The molecule has 0 heterocycles. The van der Waals surface area contributed by atoms with Crippen molar-refractivity contribution in [2.75, 3.05) is 0 Å². The van der Waals surface area contributed by atoms with Crippen molar-refractivity contribution in [1.82, 2.24) is 0 Å². The standard InChI is InChI=1S/C16H32N2O/c1-5-9-11-15(13(17)7-3)19-16(12-10-6-2)14(18)8-4/h5-12,17-18H2,1-4H3/b15-13-,16-14-. The molecule has 3 nitrogen and oxygen atoms in total. The van der Waals surface area contributed by atoms with Gasteiger partial charge in [0.15, 0.2) is 0 Å². The van der Waals surface area contributed by atoms with E-state index in [0.717, 1.165) is 74.3 Å². The van der Waals surface area contributed by atoms with E-state index in [-0.39, 0.29) is 0 Å². The molecule has 4 N–H and O–H groups in total. The third-order valence-corrected chi connectivity index (χ3v) is 3.24. The van der Waals surface area contributed by atoms with Crippen LogP contribution in [-0.2, 0) is 4.74 Å². The first-order valence-corrected chi connectivity index (χ1v) is 7.73. The van der Waals surface area contributed by atoms with E-state index in [2.05, 4.69) is 27.7 Å². The van der Waals surface area contributed by atoms with Crippen LogP contribution < -0.4 is 11.5 Å². The molecule has 0 radical (unpaired) electrons. The molecule has 0 saturated carbocycles. The molecule has 0 aliphatic heterocycles. The SMILES string of the molecule is CCCC/C(O/C(CCCC)=C(\N)CC)=C(/N)CC. The Morgan fingerprint density at radius 3 is 1.37 bits per heavy atom. The Labute approximate surface area is 119 Å². The molecule has 0 atom stereocenters. The topological polar surface area (TPSA) is 61.3 Å². The summed E-state index contributed by atoms with van der Waals surface area (Å²) in [4.78, 5) is 0. The van der Waals surface area contributed by atoms with Crippen LogP contribution in [0.4, 0.5) is 0 Å². The predicted octanol–water partition coefficient (Wildman–Crippen LogP) is 4.54. The average molecular weight is 268 g/mol. The molecule has 0 rings (SSSR count). The van der Waals surface area contributed by atoms with Gasteiger partial charge < -0.3 is 16.2 Å². The zero-order chi connectivity index (χ0) is 14.7. The van der Waals surface area contributed by atoms with E-state index in [0.29, 0.717) is 0 Å². The molecule has 0 amide bonds. The lowest BCUT2D eigenvalue weighted by Crippen LogP contribution is -2.09. The van der Waals surface area contributed by atoms with Crippen LogP contribution in [0.2, 0.25) is 0 Å². The summed E-state index contributed by atoms with van der Waals surface area (Å²) in [6.07, 6.45) is 7.94. The Kier molecular flexibility index (Phi) is 10.1. The summed E-state index contributed by atoms with van der Waals surface area (Å²) in [5.74, 6) is 1.85. The van der Waals surface area contributed by atoms with Crippen LogP contribution >= 0.6 is 0 Å². The number of hydrogen-bond acceptors (Lipinski definition) is 3. The molecule has 0 unspecified atom stereocenters. The van der Waals surface area contributed by atoms with Gasteiger partial charge in [-0.3, -0.25) is 0 Å². The number of allylic oxidation sites excluding steroid dienone is 4. The minimum absolute atomic E-state index is 0.826. The fourth-order valence-corrected chi connectivity index (χ4v) is 1.77. The Morgan fingerprint density at radius 1 is 0.737 bits per heavy atom. The van der Waals surface area contributed by atoms with Crippen LogP contribution in [0, 0.1) is 0 Å². The van der Waals surface area contributed by atoms with Crippen LogP contribution in [0.1, 0.15) is 79.1 Å². The van der Waals surface area contributed by atoms with Crippen molar-refractivity contribution in [3.05, 3.63) is 22.9 Å². The van der Waals surface area contributed by atoms with Crippen LogP contribution in [0.3, 0.4) is 0 Å². The van der Waals surface area contributed by atoms with Crippen molar-refractivity contribution in [2.24, 2.45) is 11.5 Å². The fraction of sp³-hybridized carbons (Fsp3) is 0.750. The molecule has 0 aliphatic carbocycles. The lowest BCUT2D eigenvalue weighted by Gasteiger charge is -2.17. The molecule has 0 aliphatic rings. The zero-order valence-corrected chi connectivity index (χ0v) is 13.2. The average Bonchev–Trinajstić information content (AvgIpc) is 2.44. The largest absolute Gasteiger partial charge is 0.462 e. The molecule has 0 fully saturated rings. The van der Waals surface area contributed by atoms with Crippen LogP contribution in [0.25, 0.3) is 0 Å². The molecular weight excluding hydrogens is 236 g/mol. The van der Waals surface area contributed by atoms with Crippen molar-refractivity contribution in [3.8, 4) is 0 Å². The molecule has 0 aromatic rings. The van der Waals surface area contributed by atoms with Crippen molar-refractivity contribution >= 4 is 0 Å². The summed E-state index contributed by atoms with van der Waals surface area (Å²) in [6, 6.07) is 0. The second-order valence-electron chi connectivity index (χ2n) is 4.91. The summed E-state index contributed by atoms with van der Waals surface area (Å²) < 4.78 is 6.07. The van der Waals surface area contributed by atoms with Crippen molar-refractivity contribution in [2.45, 2.75) is 79.1 Å². The molecule has 0 aromatic heterocycles. The maximum absolute atomic E-state index is 6.07. The van der Waals surface area contributed by atoms with E-state index < -0.39 is 0 Å². The minimum atomic E-state index is 0.826. The number of nitrogens with two attached hydrogens (primary N) is 2. The van der Waals surface area contributed by atoms with Gasteiger partial charge in [-0.2, -0.15) is 0 Å². The van der Waals surface area contributed by atoms with E-state index in [1.165, 1.54) is 0 Å². The lowest BCUT2D eigenvalue weighted by atomic mass is 10.1. The molecule has 112 valence electrons. The number of unbranched alkanes of at least 4 members (excludes halogenated alkanes) is 2. The van der Waals surface area contributed by atoms with Crippen molar-refractivity contribution < 1.29 is 4.74 Å². The summed E-state index contributed by atoms with van der Waals surface area (Å²) in [7, 11) is 0. The van der Waals surface area contributed by atoms with Gasteiger partial charge in [-0.15, -0.1) is 0 Å². The number of hydrogen-bond donors (Lipinski definition) is 2. The number of ether oxygens (including phenoxy) is 1. The Bertz CT molecular complexity index is 276. The van der Waals surface area contributed by atoms with Gasteiger partial charge in [0.2, 0.25) is 0 Å². The van der Waals surface area contributed by atoms with Gasteiger partial charge in [0.1, 0.15) is 11.5 Å². The molecule has 19 heavy (non-hydrogen) atoms. The molecule has 0 spiro atoms. The molecule has 3 heteroatoms. The summed E-state index contributed by atoms with van der Waals surface area (Å²) in [5.41, 5.74) is 13.8. The fourth-order valence-electron chi connectivity index (χ4n) is 1.77. The summed E-state index contributed by atoms with van der Waals surface area (Å²) in [6.45, 7) is 8.47. The highest BCUT2D eigenvalue weighted by Crippen LogP contribution is 2.22. The third-order valence-electron chi connectivity index (χ3n) is 3.24. The molecule has 0 saturated heterocycles. The highest BCUT2D eigenvalue weighted by Gasteiger charge is 2.10. The van der Waals surface area contributed by atoms with Crippen LogP contribution in [0.5, 0.6) is 0 Å². The first-order valence-electron chi connectivity index (χ1n) is 7.73. The van der Waals surface area contributed by atoms with Crippen molar-refractivity contribution in [3.63, 3.8) is 0 Å². The van der Waals surface area contributed by atoms with E-state index in [9.17, 15) is 0 Å². The highest BCUT2D eigenvalue weighted by atomic mass is 16.5. The van der Waals surface area contributed by atoms with E-state index in [4.69, 9.17) is 16.2 Å². The predicted molar refractivity (Wildman–Crippen MR) is 83.1 cm³/mol. The Morgan fingerprint density at radius 2 is 1.11 bits per heavy atom. The molecule has 0 bridgehead atoms. The maximum Gasteiger partial charge on any atom is 0.122 e. The zero-order valence-electron chi connectivity index (χ0n) is 13.2. The summed E-state index contributed by atoms with van der Waals surface area (Å²) >= 11 is 0. The lowest BCUT2D eigenvalue weighted by molar-refractivity contribution is 0.260. The van der Waals surface area contributed by atoms with Crippen LogP contribution in [0.15, 0.2) is 22.9 Å². The molecule has 0 aromatic carbocycles. The smallest absolute Gasteiger partial charge is 0.122 e. The van der Waals surface area contributed by atoms with E-state index in [1.54, 1.807) is 0 Å². The Balaban J connectivity index is 4.93. The monoisotopic (exact) mass is 268 g/mol. The summed E-state index contributed by atoms with van der Waals surface area (Å²) in [5, 5.41) is 0.